The van der Waals surface area contributed by atoms with Gasteiger partial charge in [0.25, 0.3) is 0 Å². The van der Waals surface area contributed by atoms with Crippen molar-refractivity contribution in [3.8, 4) is 0 Å². The fourth-order valence-corrected chi connectivity index (χ4v) is 7.33. The third kappa shape index (κ3) is 6.48. The molecule has 214 valence electrons. The second-order valence-corrected chi connectivity index (χ2v) is 12.3. The van der Waals surface area contributed by atoms with Crippen LogP contribution < -0.4 is 0 Å². The van der Waals surface area contributed by atoms with Gasteiger partial charge in [-0.2, -0.15) is 0 Å². The van der Waals surface area contributed by atoms with Gasteiger partial charge in [-0.1, -0.05) is 43.5 Å². The number of imidazole rings is 2. The number of likely N-dealkylation sites (tertiary alicyclic amines) is 2. The molecule has 40 heavy (non-hydrogen) atoms. The number of H-pyrrole nitrogens is 2. The van der Waals surface area contributed by atoms with Gasteiger partial charge in [0.05, 0.1) is 13.1 Å². The highest BCUT2D eigenvalue weighted by Crippen LogP contribution is 2.45. The van der Waals surface area contributed by atoms with E-state index in [1.807, 2.05) is 12.4 Å². The van der Waals surface area contributed by atoms with Crippen LogP contribution in [-0.4, -0.2) is 77.4 Å². The molecular formula is C31H43N7O2. The van der Waals surface area contributed by atoms with Crippen molar-refractivity contribution in [1.29, 1.82) is 0 Å². The lowest BCUT2D eigenvalue weighted by Gasteiger charge is -2.43. The minimum absolute atomic E-state index is 0.145. The number of rotatable bonds is 10. The number of piperidine rings is 1. The average molecular weight is 546 g/mol. The Kier molecular flexibility index (Phi) is 8.32. The van der Waals surface area contributed by atoms with Crippen molar-refractivity contribution in [3.63, 3.8) is 0 Å². The number of nitrogens with zero attached hydrogens (tertiary/aromatic N) is 5. The van der Waals surface area contributed by atoms with E-state index in [2.05, 4.69) is 58.9 Å². The standard InChI is InChI=1S/C31H43N7O2/c39-30(40)27-18-31(10-16-37(17-11-31)26-4-2-1-3-5-26)23-38(27)20-25-8-6-24(7-9-25)19-36(21-28-32-12-13-33-28)22-29-34-14-15-35-29/h6-9,12-15,26-27H,1-5,10-11,16-23H2,(H,32,33)(H,34,35)(H,39,40)/t27-/m1/s1. The molecule has 6 rings (SSSR count). The molecule has 3 N–H and O–H groups in total. The van der Waals surface area contributed by atoms with Gasteiger partial charge in [-0.05, 0) is 61.7 Å². The van der Waals surface area contributed by atoms with Crippen molar-refractivity contribution in [3.05, 3.63) is 71.8 Å². The summed E-state index contributed by atoms with van der Waals surface area (Å²) in [6.45, 7) is 6.01. The van der Waals surface area contributed by atoms with Crippen LogP contribution in [0.15, 0.2) is 49.1 Å². The maximum atomic E-state index is 12.3. The molecule has 1 aromatic carbocycles. The number of carboxylic acid groups (broad SMARTS) is 1. The zero-order chi connectivity index (χ0) is 27.4. The molecule has 4 heterocycles. The van der Waals surface area contributed by atoms with Gasteiger partial charge in [0.15, 0.2) is 0 Å². The van der Waals surface area contributed by atoms with Gasteiger partial charge in [-0.25, -0.2) is 9.97 Å². The largest absolute Gasteiger partial charge is 0.480 e. The number of carboxylic acids is 1. The molecule has 2 aromatic heterocycles. The summed E-state index contributed by atoms with van der Waals surface area (Å²) in [5.41, 5.74) is 2.53. The van der Waals surface area contributed by atoms with Crippen LogP contribution in [0.5, 0.6) is 0 Å². The van der Waals surface area contributed by atoms with Crippen LogP contribution in [0.2, 0.25) is 0 Å². The van der Waals surface area contributed by atoms with Crippen LogP contribution in [0.1, 0.15) is 74.1 Å². The quantitative estimate of drug-likeness (QED) is 0.347. The van der Waals surface area contributed by atoms with E-state index in [0.29, 0.717) is 19.6 Å². The molecule has 1 saturated carbocycles. The summed E-state index contributed by atoms with van der Waals surface area (Å²) in [6, 6.07) is 9.06. The Bertz CT molecular complexity index is 1160. The lowest BCUT2D eigenvalue weighted by Crippen LogP contribution is -2.46. The van der Waals surface area contributed by atoms with Crippen LogP contribution in [0.4, 0.5) is 0 Å². The lowest BCUT2D eigenvalue weighted by atomic mass is 9.76. The first-order valence-electron chi connectivity index (χ1n) is 15.0. The molecular weight excluding hydrogens is 502 g/mol. The van der Waals surface area contributed by atoms with Gasteiger partial charge in [0.2, 0.25) is 0 Å². The van der Waals surface area contributed by atoms with E-state index in [-0.39, 0.29) is 5.41 Å². The highest BCUT2D eigenvalue weighted by molar-refractivity contribution is 5.74. The van der Waals surface area contributed by atoms with Crippen LogP contribution in [0.3, 0.4) is 0 Å². The third-order valence-corrected chi connectivity index (χ3v) is 9.51. The molecule has 1 spiro atoms. The molecule has 3 aliphatic rings. The number of aromatic amines is 2. The Balaban J connectivity index is 1.07. The number of aromatic nitrogens is 4. The minimum atomic E-state index is -0.672. The van der Waals surface area contributed by atoms with E-state index < -0.39 is 12.0 Å². The zero-order valence-corrected chi connectivity index (χ0v) is 23.5. The van der Waals surface area contributed by atoms with Gasteiger partial charge in [-0.15, -0.1) is 0 Å². The third-order valence-electron chi connectivity index (χ3n) is 9.51. The summed E-state index contributed by atoms with van der Waals surface area (Å²) in [5, 5.41) is 10.1. The summed E-state index contributed by atoms with van der Waals surface area (Å²) in [5.74, 6) is 1.18. The Labute approximate surface area is 237 Å². The maximum absolute atomic E-state index is 12.3. The van der Waals surface area contributed by atoms with E-state index in [4.69, 9.17) is 0 Å². The van der Waals surface area contributed by atoms with Gasteiger partial charge < -0.3 is 20.0 Å². The Hall–Kier alpha value is -3.01. The van der Waals surface area contributed by atoms with E-state index >= 15 is 0 Å². The summed E-state index contributed by atoms with van der Waals surface area (Å²) < 4.78 is 0. The molecule has 0 unspecified atom stereocenters. The normalized spacial score (nSPS) is 22.4. The average Bonchev–Trinajstić information content (AvgIpc) is 3.74. The second-order valence-electron chi connectivity index (χ2n) is 12.3. The molecule has 0 amide bonds. The van der Waals surface area contributed by atoms with Crippen LogP contribution in [0, 0.1) is 5.41 Å². The summed E-state index contributed by atoms with van der Waals surface area (Å²) >= 11 is 0. The fraction of sp³-hybridized carbons (Fsp3) is 0.581. The molecule has 1 aliphatic carbocycles. The molecule has 1 atom stereocenters. The molecule has 0 radical (unpaired) electrons. The van der Waals surface area contributed by atoms with Crippen molar-refractivity contribution >= 4 is 5.97 Å². The second kappa shape index (κ2) is 12.2. The van der Waals surface area contributed by atoms with E-state index in [1.54, 1.807) is 12.4 Å². The number of benzene rings is 1. The Morgan fingerprint density at radius 1 is 0.925 bits per heavy atom. The highest BCUT2D eigenvalue weighted by atomic mass is 16.4. The van der Waals surface area contributed by atoms with E-state index in [9.17, 15) is 9.90 Å². The molecule has 3 aromatic rings. The van der Waals surface area contributed by atoms with E-state index in [0.717, 1.165) is 63.1 Å². The molecule has 2 aliphatic heterocycles. The van der Waals surface area contributed by atoms with Gasteiger partial charge >= 0.3 is 5.97 Å². The monoisotopic (exact) mass is 545 g/mol. The first-order chi connectivity index (χ1) is 19.6. The summed E-state index contributed by atoms with van der Waals surface area (Å²) in [6.07, 6.45) is 17.1. The minimum Gasteiger partial charge on any atom is -0.480 e. The number of hydrogen-bond acceptors (Lipinski definition) is 6. The van der Waals surface area contributed by atoms with Crippen LogP contribution in [0.25, 0.3) is 0 Å². The zero-order valence-electron chi connectivity index (χ0n) is 23.5. The smallest absolute Gasteiger partial charge is 0.320 e. The maximum Gasteiger partial charge on any atom is 0.320 e. The van der Waals surface area contributed by atoms with Crippen molar-refractivity contribution in [2.45, 2.75) is 89.6 Å². The lowest BCUT2D eigenvalue weighted by molar-refractivity contribution is -0.142. The van der Waals surface area contributed by atoms with Crippen LogP contribution in [-0.2, 0) is 31.0 Å². The molecule has 2 saturated heterocycles. The summed E-state index contributed by atoms with van der Waals surface area (Å²) in [7, 11) is 0. The van der Waals surface area contributed by atoms with Gasteiger partial charge in [0.1, 0.15) is 17.7 Å². The fourth-order valence-electron chi connectivity index (χ4n) is 7.33. The Morgan fingerprint density at radius 3 is 2.12 bits per heavy atom. The number of nitrogens with one attached hydrogen (secondary N) is 2. The van der Waals surface area contributed by atoms with Gasteiger partial charge in [-0.3, -0.25) is 14.6 Å². The number of hydrogen-bond donors (Lipinski definition) is 3. The predicted octanol–water partition coefficient (Wildman–Crippen LogP) is 4.41. The first-order valence-corrected chi connectivity index (χ1v) is 15.0. The molecule has 9 heteroatoms. The first kappa shape index (κ1) is 27.2. The SMILES string of the molecule is O=C(O)[C@H]1CC2(CCN(C3CCCCC3)CC2)CN1Cc1ccc(CN(Cc2ncc[nH]2)Cc2ncc[nH]2)cc1. The van der Waals surface area contributed by atoms with E-state index in [1.165, 1.54) is 43.2 Å². The van der Waals surface area contributed by atoms with Gasteiger partial charge in [0, 0.05) is 50.5 Å². The van der Waals surface area contributed by atoms with Crippen molar-refractivity contribution < 1.29 is 9.90 Å². The van der Waals surface area contributed by atoms with Crippen molar-refractivity contribution in [1.82, 2.24) is 34.6 Å². The van der Waals surface area contributed by atoms with Crippen molar-refractivity contribution in [2.75, 3.05) is 19.6 Å². The highest BCUT2D eigenvalue weighted by Gasteiger charge is 2.48. The number of aliphatic carboxylic acids is 1. The molecule has 9 nitrogen and oxygen atoms in total. The van der Waals surface area contributed by atoms with Crippen LogP contribution >= 0.6 is 0 Å². The topological polar surface area (TPSA) is 104 Å². The number of carbonyl (C=O) groups is 1. The molecule has 3 fully saturated rings. The summed E-state index contributed by atoms with van der Waals surface area (Å²) in [4.78, 5) is 34.7. The Morgan fingerprint density at radius 2 is 1.55 bits per heavy atom. The molecule has 0 bridgehead atoms. The predicted molar refractivity (Wildman–Crippen MR) is 153 cm³/mol. The van der Waals surface area contributed by atoms with Crippen molar-refractivity contribution in [2.24, 2.45) is 5.41 Å².